The van der Waals surface area contributed by atoms with Crippen molar-refractivity contribution >= 4 is 46.4 Å². The van der Waals surface area contributed by atoms with Crippen LogP contribution in [0.5, 0.6) is 0 Å². The van der Waals surface area contributed by atoms with Crippen LogP contribution in [0.15, 0.2) is 23.6 Å². The SMILES string of the molecule is CC(NC(=O)Cc1csc(-c2ccc(Cl)cc2Cl)n1)C(C)C(=O)O. The molecule has 0 saturated carbocycles. The lowest BCUT2D eigenvalue weighted by molar-refractivity contribution is -0.142. The Morgan fingerprint density at radius 2 is 2.04 bits per heavy atom. The molecular weight excluding hydrogens is 371 g/mol. The van der Waals surface area contributed by atoms with Crippen LogP contribution in [0.1, 0.15) is 19.5 Å². The summed E-state index contributed by atoms with van der Waals surface area (Å²) < 4.78 is 0. The van der Waals surface area contributed by atoms with Crippen molar-refractivity contribution in [1.29, 1.82) is 0 Å². The van der Waals surface area contributed by atoms with E-state index in [2.05, 4.69) is 10.3 Å². The predicted octanol–water partition coefficient (Wildman–Crippen LogP) is 3.88. The molecule has 0 radical (unpaired) electrons. The van der Waals surface area contributed by atoms with Crippen LogP contribution in [0.2, 0.25) is 10.0 Å². The molecule has 2 N–H and O–H groups in total. The van der Waals surface area contributed by atoms with E-state index in [1.54, 1.807) is 37.4 Å². The summed E-state index contributed by atoms with van der Waals surface area (Å²) in [5.74, 6) is -1.88. The third-order valence-electron chi connectivity index (χ3n) is 3.58. The third-order valence-corrected chi connectivity index (χ3v) is 5.06. The van der Waals surface area contributed by atoms with Crippen molar-refractivity contribution in [3.05, 3.63) is 39.3 Å². The first-order valence-electron chi connectivity index (χ1n) is 7.20. The first kappa shape index (κ1) is 18.7. The van der Waals surface area contributed by atoms with Gasteiger partial charge in [0, 0.05) is 22.0 Å². The van der Waals surface area contributed by atoms with Crippen molar-refractivity contribution in [3.63, 3.8) is 0 Å². The highest BCUT2D eigenvalue weighted by Gasteiger charge is 2.21. The Labute approximate surface area is 153 Å². The first-order valence-corrected chi connectivity index (χ1v) is 8.83. The number of carboxylic acids is 1. The van der Waals surface area contributed by atoms with E-state index in [4.69, 9.17) is 28.3 Å². The largest absolute Gasteiger partial charge is 0.481 e. The Bertz CT molecular complexity index is 764. The van der Waals surface area contributed by atoms with Crippen LogP contribution in [0.4, 0.5) is 0 Å². The summed E-state index contributed by atoms with van der Waals surface area (Å²) in [7, 11) is 0. The zero-order valence-electron chi connectivity index (χ0n) is 13.0. The minimum absolute atomic E-state index is 0.0817. The molecular formula is C16H16Cl2N2O3S. The van der Waals surface area contributed by atoms with Gasteiger partial charge in [0.05, 0.1) is 23.1 Å². The lowest BCUT2D eigenvalue weighted by atomic mass is 10.0. The van der Waals surface area contributed by atoms with Crippen molar-refractivity contribution in [1.82, 2.24) is 10.3 Å². The number of rotatable bonds is 6. The van der Waals surface area contributed by atoms with Gasteiger partial charge < -0.3 is 10.4 Å². The summed E-state index contributed by atoms with van der Waals surface area (Å²) in [4.78, 5) is 27.3. The van der Waals surface area contributed by atoms with E-state index in [9.17, 15) is 9.59 Å². The van der Waals surface area contributed by atoms with Gasteiger partial charge in [0.25, 0.3) is 0 Å². The summed E-state index contributed by atoms with van der Waals surface area (Å²) in [6.07, 6.45) is 0.0817. The van der Waals surface area contributed by atoms with E-state index in [1.165, 1.54) is 11.3 Å². The Hall–Kier alpha value is -1.63. The fourth-order valence-corrected chi connectivity index (χ4v) is 3.40. The quantitative estimate of drug-likeness (QED) is 0.788. The Balaban J connectivity index is 2.03. The summed E-state index contributed by atoms with van der Waals surface area (Å²) in [6, 6.07) is 4.69. The molecule has 0 fully saturated rings. The van der Waals surface area contributed by atoms with Crippen molar-refractivity contribution in [2.75, 3.05) is 0 Å². The highest BCUT2D eigenvalue weighted by atomic mass is 35.5. The number of hydrogen-bond donors (Lipinski definition) is 2. The number of carbonyl (C=O) groups is 2. The molecule has 0 saturated heterocycles. The van der Waals surface area contributed by atoms with E-state index >= 15 is 0 Å². The molecule has 24 heavy (non-hydrogen) atoms. The molecule has 1 aromatic carbocycles. The number of aliphatic carboxylic acids is 1. The van der Waals surface area contributed by atoms with Crippen molar-refractivity contribution in [2.45, 2.75) is 26.3 Å². The highest BCUT2D eigenvalue weighted by molar-refractivity contribution is 7.13. The number of nitrogens with zero attached hydrogens (tertiary/aromatic N) is 1. The van der Waals surface area contributed by atoms with Crippen molar-refractivity contribution < 1.29 is 14.7 Å². The summed E-state index contributed by atoms with van der Waals surface area (Å²) in [5.41, 5.74) is 1.36. The maximum Gasteiger partial charge on any atom is 0.308 e. The lowest BCUT2D eigenvalue weighted by Crippen LogP contribution is -2.40. The van der Waals surface area contributed by atoms with Gasteiger partial charge in [-0.1, -0.05) is 23.2 Å². The summed E-state index contributed by atoms with van der Waals surface area (Å²) in [5, 5.41) is 15.1. The normalized spacial score (nSPS) is 13.3. The smallest absolute Gasteiger partial charge is 0.308 e. The lowest BCUT2D eigenvalue weighted by Gasteiger charge is -2.17. The first-order chi connectivity index (χ1) is 11.3. The number of benzene rings is 1. The number of hydrogen-bond acceptors (Lipinski definition) is 4. The number of thiazole rings is 1. The predicted molar refractivity (Wildman–Crippen MR) is 95.7 cm³/mol. The molecule has 2 atom stereocenters. The third kappa shape index (κ3) is 4.69. The van der Waals surface area contributed by atoms with Gasteiger partial charge in [-0.3, -0.25) is 9.59 Å². The fraction of sp³-hybridized carbons (Fsp3) is 0.312. The van der Waals surface area contributed by atoms with Crippen LogP contribution < -0.4 is 5.32 Å². The molecule has 2 aromatic rings. The van der Waals surface area contributed by atoms with E-state index in [-0.39, 0.29) is 12.3 Å². The molecule has 8 heteroatoms. The molecule has 5 nitrogen and oxygen atoms in total. The van der Waals surface area contributed by atoms with Crippen LogP contribution >= 0.6 is 34.5 Å². The van der Waals surface area contributed by atoms with E-state index < -0.39 is 17.9 Å². The second kappa shape index (κ2) is 7.96. The second-order valence-electron chi connectivity index (χ2n) is 5.43. The van der Waals surface area contributed by atoms with Crippen molar-refractivity contribution in [2.24, 2.45) is 5.92 Å². The van der Waals surface area contributed by atoms with Gasteiger partial charge in [0.15, 0.2) is 0 Å². The van der Waals surface area contributed by atoms with Gasteiger partial charge in [-0.05, 0) is 32.0 Å². The monoisotopic (exact) mass is 386 g/mol. The molecule has 0 bridgehead atoms. The summed E-state index contributed by atoms with van der Waals surface area (Å²) in [6.45, 7) is 3.22. The molecule has 128 valence electrons. The van der Waals surface area contributed by atoms with Gasteiger partial charge in [-0.15, -0.1) is 11.3 Å². The van der Waals surface area contributed by atoms with Crippen LogP contribution in [0.25, 0.3) is 10.6 Å². The number of halogens is 2. The van der Waals surface area contributed by atoms with E-state index in [0.29, 0.717) is 20.7 Å². The van der Waals surface area contributed by atoms with Gasteiger partial charge in [0.2, 0.25) is 5.91 Å². The van der Waals surface area contributed by atoms with Crippen LogP contribution in [-0.2, 0) is 16.0 Å². The van der Waals surface area contributed by atoms with E-state index in [0.717, 1.165) is 5.56 Å². The Morgan fingerprint density at radius 3 is 2.67 bits per heavy atom. The van der Waals surface area contributed by atoms with Crippen LogP contribution in [-0.4, -0.2) is 28.0 Å². The molecule has 1 amide bonds. The van der Waals surface area contributed by atoms with Crippen LogP contribution in [0.3, 0.4) is 0 Å². The zero-order chi connectivity index (χ0) is 17.9. The van der Waals surface area contributed by atoms with Gasteiger partial charge in [0.1, 0.15) is 5.01 Å². The molecule has 1 aromatic heterocycles. The second-order valence-corrected chi connectivity index (χ2v) is 7.13. The zero-order valence-corrected chi connectivity index (χ0v) is 15.4. The van der Waals surface area contributed by atoms with E-state index in [1.807, 2.05) is 0 Å². The van der Waals surface area contributed by atoms with Crippen molar-refractivity contribution in [3.8, 4) is 10.6 Å². The molecule has 2 unspecified atom stereocenters. The molecule has 0 aliphatic rings. The topological polar surface area (TPSA) is 79.3 Å². The minimum Gasteiger partial charge on any atom is -0.481 e. The highest BCUT2D eigenvalue weighted by Crippen LogP contribution is 2.32. The number of aromatic nitrogens is 1. The number of carbonyl (C=O) groups excluding carboxylic acids is 1. The summed E-state index contributed by atoms with van der Waals surface area (Å²) >= 11 is 13.4. The standard InChI is InChI=1S/C16H16Cl2N2O3S/c1-8(16(22)23)9(2)19-14(21)6-11-7-24-15(20-11)12-4-3-10(17)5-13(12)18/h3-5,7-9H,6H2,1-2H3,(H,19,21)(H,22,23). The molecule has 0 spiro atoms. The number of carboxylic acid groups (broad SMARTS) is 1. The molecule has 0 aliphatic heterocycles. The average Bonchev–Trinajstić information content (AvgIpc) is 2.94. The molecule has 0 aliphatic carbocycles. The fourth-order valence-electron chi connectivity index (χ4n) is 1.98. The van der Waals surface area contributed by atoms with Gasteiger partial charge in [-0.25, -0.2) is 4.98 Å². The Morgan fingerprint density at radius 1 is 1.33 bits per heavy atom. The number of amides is 1. The molecule has 2 rings (SSSR count). The number of nitrogens with one attached hydrogen (secondary N) is 1. The maximum atomic E-state index is 12.0. The van der Waals surface area contributed by atoms with Crippen LogP contribution in [0, 0.1) is 5.92 Å². The minimum atomic E-state index is -0.948. The van der Waals surface area contributed by atoms with Gasteiger partial charge in [-0.2, -0.15) is 0 Å². The Kier molecular flexibility index (Phi) is 6.21. The molecule has 1 heterocycles. The maximum absolute atomic E-state index is 12.0. The van der Waals surface area contributed by atoms with Gasteiger partial charge >= 0.3 is 5.97 Å². The average molecular weight is 387 g/mol.